The second kappa shape index (κ2) is 5.59. The molecule has 1 saturated carbocycles. The van der Waals surface area contributed by atoms with Crippen LogP contribution in [0.25, 0.3) is 0 Å². The van der Waals surface area contributed by atoms with E-state index in [1.165, 1.54) is 6.33 Å². The van der Waals surface area contributed by atoms with E-state index < -0.39 is 11.6 Å². The second-order valence-electron chi connectivity index (χ2n) is 6.46. The summed E-state index contributed by atoms with van der Waals surface area (Å²) in [5.41, 5.74) is 6.57. The first kappa shape index (κ1) is 16.1. The van der Waals surface area contributed by atoms with Gasteiger partial charge < -0.3 is 21.3 Å². The molecule has 4 N–H and O–H groups in total. The molecule has 1 spiro atoms. The van der Waals surface area contributed by atoms with Crippen molar-refractivity contribution < 1.29 is 8.78 Å². The normalized spacial score (nSPS) is 23.3. The number of nitrogens with two attached hydrogens (primary N) is 1. The molecule has 0 radical (unpaired) electrons. The van der Waals surface area contributed by atoms with E-state index in [0.29, 0.717) is 35.2 Å². The van der Waals surface area contributed by atoms with Crippen LogP contribution < -0.4 is 16.4 Å². The Morgan fingerprint density at radius 1 is 1.24 bits per heavy atom. The SMILES string of the molecule is Nc1cc(NC2=CN3C(=CNC34CCC(F)(F)CC4)C(Cl)=C2)ncn1. The van der Waals surface area contributed by atoms with Gasteiger partial charge in [0.15, 0.2) is 0 Å². The van der Waals surface area contributed by atoms with Gasteiger partial charge in [-0.25, -0.2) is 18.7 Å². The smallest absolute Gasteiger partial charge is 0.248 e. The number of anilines is 2. The van der Waals surface area contributed by atoms with Crippen LogP contribution in [0.4, 0.5) is 20.4 Å². The Bertz CT molecular complexity index is 794. The van der Waals surface area contributed by atoms with Crippen LogP contribution in [0.15, 0.2) is 47.3 Å². The lowest BCUT2D eigenvalue weighted by molar-refractivity contribution is -0.0705. The average molecular weight is 367 g/mol. The monoisotopic (exact) mass is 366 g/mol. The summed E-state index contributed by atoms with van der Waals surface area (Å²) in [5, 5.41) is 6.91. The second-order valence-corrected chi connectivity index (χ2v) is 6.87. The van der Waals surface area contributed by atoms with Gasteiger partial charge in [0.05, 0.1) is 16.4 Å². The molecule has 3 aliphatic rings. The first-order chi connectivity index (χ1) is 11.9. The van der Waals surface area contributed by atoms with Crippen LogP contribution in [0, 0.1) is 0 Å². The van der Waals surface area contributed by atoms with Crippen molar-refractivity contribution in [1.29, 1.82) is 0 Å². The van der Waals surface area contributed by atoms with Crippen molar-refractivity contribution in [3.63, 3.8) is 0 Å². The summed E-state index contributed by atoms with van der Waals surface area (Å²) in [6.07, 6.45) is 7.12. The Morgan fingerprint density at radius 3 is 2.72 bits per heavy atom. The molecule has 0 amide bonds. The minimum absolute atomic E-state index is 0.155. The number of halogens is 3. The molecule has 6 nitrogen and oxygen atoms in total. The minimum Gasteiger partial charge on any atom is -0.384 e. The van der Waals surface area contributed by atoms with E-state index >= 15 is 0 Å². The highest BCUT2D eigenvalue weighted by atomic mass is 35.5. The summed E-state index contributed by atoms with van der Waals surface area (Å²) in [4.78, 5) is 9.89. The maximum absolute atomic E-state index is 13.6. The molecule has 3 heterocycles. The number of allylic oxidation sites excluding steroid dienone is 2. The van der Waals surface area contributed by atoms with Crippen molar-refractivity contribution in [3.05, 3.63) is 47.3 Å². The van der Waals surface area contributed by atoms with Crippen LogP contribution in [-0.4, -0.2) is 26.5 Å². The number of hydrogen-bond acceptors (Lipinski definition) is 6. The molecule has 1 fully saturated rings. The molecular weight excluding hydrogens is 350 g/mol. The van der Waals surface area contributed by atoms with E-state index in [9.17, 15) is 8.78 Å². The van der Waals surface area contributed by atoms with Crippen LogP contribution in [0.5, 0.6) is 0 Å². The molecule has 25 heavy (non-hydrogen) atoms. The third kappa shape index (κ3) is 2.90. The topological polar surface area (TPSA) is 79.1 Å². The number of nitrogens with one attached hydrogen (secondary N) is 2. The maximum atomic E-state index is 13.6. The first-order valence-electron chi connectivity index (χ1n) is 7.96. The molecule has 0 saturated heterocycles. The van der Waals surface area contributed by atoms with E-state index in [4.69, 9.17) is 17.3 Å². The molecule has 1 aliphatic carbocycles. The lowest BCUT2D eigenvalue weighted by Crippen LogP contribution is -2.54. The van der Waals surface area contributed by atoms with E-state index in [0.717, 1.165) is 5.70 Å². The molecule has 2 aliphatic heterocycles. The highest BCUT2D eigenvalue weighted by molar-refractivity contribution is 6.32. The van der Waals surface area contributed by atoms with Gasteiger partial charge in [0.1, 0.15) is 23.6 Å². The summed E-state index contributed by atoms with van der Waals surface area (Å²) < 4.78 is 27.2. The lowest BCUT2D eigenvalue weighted by Gasteiger charge is -2.45. The fraction of sp³-hybridized carbons (Fsp3) is 0.375. The summed E-state index contributed by atoms with van der Waals surface area (Å²) in [5.74, 6) is -1.73. The van der Waals surface area contributed by atoms with Gasteiger partial charge in [-0.15, -0.1) is 0 Å². The third-order valence-electron chi connectivity index (χ3n) is 4.76. The van der Waals surface area contributed by atoms with Crippen LogP contribution in [0.3, 0.4) is 0 Å². The minimum atomic E-state index is -2.60. The molecule has 1 aromatic rings. The van der Waals surface area contributed by atoms with Gasteiger partial charge in [0, 0.05) is 31.3 Å². The molecule has 132 valence electrons. The van der Waals surface area contributed by atoms with E-state index in [1.54, 1.807) is 18.3 Å². The highest BCUT2D eigenvalue weighted by Gasteiger charge is 2.49. The molecule has 0 unspecified atom stereocenters. The van der Waals surface area contributed by atoms with Gasteiger partial charge in [-0.1, -0.05) is 11.6 Å². The van der Waals surface area contributed by atoms with Gasteiger partial charge in [-0.3, -0.25) is 0 Å². The Hall–Kier alpha value is -2.35. The van der Waals surface area contributed by atoms with Gasteiger partial charge in [0.2, 0.25) is 5.92 Å². The quantitative estimate of drug-likeness (QED) is 0.746. The van der Waals surface area contributed by atoms with Crippen molar-refractivity contribution in [1.82, 2.24) is 20.2 Å². The number of nitrogen functional groups attached to an aromatic ring is 1. The Balaban J connectivity index is 1.60. The highest BCUT2D eigenvalue weighted by Crippen LogP contribution is 2.46. The lowest BCUT2D eigenvalue weighted by atomic mass is 9.85. The molecule has 4 rings (SSSR count). The van der Waals surface area contributed by atoms with Crippen molar-refractivity contribution in [2.45, 2.75) is 37.3 Å². The number of nitrogens with zero attached hydrogens (tertiary/aromatic N) is 3. The van der Waals surface area contributed by atoms with Crippen molar-refractivity contribution in [3.8, 4) is 0 Å². The molecule has 0 atom stereocenters. The maximum Gasteiger partial charge on any atom is 0.248 e. The van der Waals surface area contributed by atoms with Gasteiger partial charge in [-0.05, 0) is 18.9 Å². The Morgan fingerprint density at radius 2 is 2.00 bits per heavy atom. The summed E-state index contributed by atoms with van der Waals surface area (Å²) in [6, 6.07) is 1.60. The Labute approximate surface area is 148 Å². The van der Waals surface area contributed by atoms with E-state index in [-0.39, 0.29) is 12.8 Å². The summed E-state index contributed by atoms with van der Waals surface area (Å²) >= 11 is 6.39. The van der Waals surface area contributed by atoms with Crippen molar-refractivity contribution >= 4 is 23.2 Å². The van der Waals surface area contributed by atoms with Crippen LogP contribution in [0.2, 0.25) is 0 Å². The summed E-state index contributed by atoms with van der Waals surface area (Å²) in [7, 11) is 0. The number of hydrogen-bond donors (Lipinski definition) is 3. The number of fused-ring (bicyclic) bond motifs is 2. The molecule has 1 aromatic heterocycles. The van der Waals surface area contributed by atoms with E-state index in [1.807, 2.05) is 11.1 Å². The fourth-order valence-corrected chi connectivity index (χ4v) is 3.67. The third-order valence-corrected chi connectivity index (χ3v) is 5.07. The van der Waals surface area contributed by atoms with E-state index in [2.05, 4.69) is 20.6 Å². The predicted molar refractivity (Wildman–Crippen MR) is 91.3 cm³/mol. The first-order valence-corrected chi connectivity index (χ1v) is 8.34. The van der Waals surface area contributed by atoms with Crippen LogP contribution >= 0.6 is 11.6 Å². The number of aromatic nitrogens is 2. The van der Waals surface area contributed by atoms with Gasteiger partial charge >= 0.3 is 0 Å². The predicted octanol–water partition coefficient (Wildman–Crippen LogP) is 3.10. The van der Waals surface area contributed by atoms with Crippen LogP contribution in [0.1, 0.15) is 25.7 Å². The fourth-order valence-electron chi connectivity index (χ4n) is 3.41. The number of alkyl halides is 2. The van der Waals surface area contributed by atoms with Crippen LogP contribution in [-0.2, 0) is 0 Å². The molecule has 9 heteroatoms. The average Bonchev–Trinajstić information content (AvgIpc) is 2.90. The van der Waals surface area contributed by atoms with Crippen molar-refractivity contribution in [2.75, 3.05) is 11.1 Å². The largest absolute Gasteiger partial charge is 0.384 e. The molecule has 0 aromatic carbocycles. The molecule has 0 bridgehead atoms. The van der Waals surface area contributed by atoms with Gasteiger partial charge in [-0.2, -0.15) is 0 Å². The molecular formula is C16H17ClF2N6. The van der Waals surface area contributed by atoms with Crippen molar-refractivity contribution in [2.24, 2.45) is 0 Å². The standard InChI is InChI=1S/C16H17ClF2N6/c17-11-5-10(24-14-6-13(20)21-9-22-14)8-25-12(11)7-23-16(25)3-1-15(18,19)2-4-16/h5-9,23H,1-4H2,(H3,20,21,22,24). The zero-order chi connectivity index (χ0) is 17.7. The number of rotatable bonds is 2. The Kier molecular flexibility index (Phi) is 3.61. The van der Waals surface area contributed by atoms with Gasteiger partial charge in [0.25, 0.3) is 0 Å². The summed E-state index contributed by atoms with van der Waals surface area (Å²) in [6.45, 7) is 0. The zero-order valence-electron chi connectivity index (χ0n) is 13.3. The zero-order valence-corrected chi connectivity index (χ0v) is 14.0.